The number of carbonyl (C=O) groups excluding carboxylic acids is 1. The minimum absolute atomic E-state index is 0.0985. The second kappa shape index (κ2) is 8.87. The summed E-state index contributed by atoms with van der Waals surface area (Å²) < 4.78 is 9.01. The third-order valence-corrected chi connectivity index (χ3v) is 5.33. The van der Waals surface area contributed by atoms with Gasteiger partial charge in [-0.15, -0.1) is 10.2 Å². The molecule has 0 fully saturated rings. The molecule has 2 heterocycles. The van der Waals surface area contributed by atoms with E-state index in [1.165, 1.54) is 11.8 Å². The van der Waals surface area contributed by atoms with Crippen molar-refractivity contribution >= 4 is 23.4 Å². The Kier molecular flexibility index (Phi) is 5.85. The van der Waals surface area contributed by atoms with Crippen LogP contribution in [0.5, 0.6) is 5.75 Å². The Morgan fingerprint density at radius 2 is 1.83 bits per heavy atom. The van der Waals surface area contributed by atoms with Crippen molar-refractivity contribution < 1.29 is 9.53 Å². The summed E-state index contributed by atoms with van der Waals surface area (Å²) in [5.41, 5.74) is 2.77. The number of hydrogen-bond donors (Lipinski definition) is 1. The predicted molar refractivity (Wildman–Crippen MR) is 118 cm³/mol. The van der Waals surface area contributed by atoms with Crippen LogP contribution in [0.2, 0.25) is 0 Å². The lowest BCUT2D eigenvalue weighted by Gasteiger charge is -2.11. The minimum Gasteiger partial charge on any atom is -0.497 e. The zero-order chi connectivity index (χ0) is 20.9. The van der Waals surface area contributed by atoms with Gasteiger partial charge in [-0.05, 0) is 61.0 Å². The Morgan fingerprint density at radius 3 is 2.53 bits per heavy atom. The van der Waals surface area contributed by atoms with Gasteiger partial charge in [-0.2, -0.15) is 0 Å². The Bertz CT molecular complexity index is 1140. The van der Waals surface area contributed by atoms with Crippen molar-refractivity contribution in [2.45, 2.75) is 12.1 Å². The van der Waals surface area contributed by atoms with Gasteiger partial charge in [-0.1, -0.05) is 23.9 Å². The average Bonchev–Trinajstić information content (AvgIpc) is 3.42. The van der Waals surface area contributed by atoms with Crippen molar-refractivity contribution in [1.82, 2.24) is 19.5 Å². The molecule has 2 aromatic heterocycles. The van der Waals surface area contributed by atoms with E-state index in [0.717, 1.165) is 22.6 Å². The highest BCUT2D eigenvalue weighted by Crippen LogP contribution is 2.26. The second-order valence-corrected chi connectivity index (χ2v) is 7.56. The van der Waals surface area contributed by atoms with E-state index >= 15 is 0 Å². The number of amides is 1. The standard InChI is InChI=1S/C22H21N5O2S/c1-16-6-5-7-18(14-16)23-20(28)15-30-22-25-24-21(27(22)26-12-3-4-13-26)17-8-10-19(29-2)11-9-17/h3-14H,15H2,1-2H3,(H,23,28). The highest BCUT2D eigenvalue weighted by Gasteiger charge is 2.17. The number of aromatic nitrogens is 4. The van der Waals surface area contributed by atoms with Crippen LogP contribution in [0, 0.1) is 6.92 Å². The summed E-state index contributed by atoms with van der Waals surface area (Å²) in [5.74, 6) is 1.57. The van der Waals surface area contributed by atoms with Crippen LogP contribution >= 0.6 is 11.8 Å². The van der Waals surface area contributed by atoms with E-state index in [4.69, 9.17) is 4.74 Å². The molecule has 0 atom stereocenters. The van der Waals surface area contributed by atoms with E-state index < -0.39 is 0 Å². The van der Waals surface area contributed by atoms with Crippen LogP contribution in [0.3, 0.4) is 0 Å². The number of methoxy groups -OCH3 is 1. The van der Waals surface area contributed by atoms with Gasteiger partial charge in [0.05, 0.1) is 12.9 Å². The van der Waals surface area contributed by atoms with Crippen LogP contribution in [-0.4, -0.2) is 38.3 Å². The molecule has 1 N–H and O–H groups in total. The van der Waals surface area contributed by atoms with E-state index in [1.807, 2.05) is 89.3 Å². The van der Waals surface area contributed by atoms with Crippen molar-refractivity contribution in [1.29, 1.82) is 0 Å². The molecule has 8 heteroatoms. The number of hydrogen-bond acceptors (Lipinski definition) is 5. The molecule has 0 saturated heterocycles. The Morgan fingerprint density at radius 1 is 1.07 bits per heavy atom. The third-order valence-electron chi connectivity index (χ3n) is 4.41. The largest absolute Gasteiger partial charge is 0.497 e. The van der Waals surface area contributed by atoms with Crippen LogP contribution in [0.1, 0.15) is 5.56 Å². The highest BCUT2D eigenvalue weighted by molar-refractivity contribution is 7.99. The summed E-state index contributed by atoms with van der Waals surface area (Å²) >= 11 is 1.33. The number of anilines is 1. The lowest BCUT2D eigenvalue weighted by Crippen LogP contribution is -2.16. The topological polar surface area (TPSA) is 74.0 Å². The average molecular weight is 420 g/mol. The van der Waals surface area contributed by atoms with E-state index in [-0.39, 0.29) is 11.7 Å². The van der Waals surface area contributed by atoms with Gasteiger partial charge in [0.1, 0.15) is 5.75 Å². The van der Waals surface area contributed by atoms with Crippen molar-refractivity contribution in [2.24, 2.45) is 0 Å². The first-order chi connectivity index (χ1) is 14.6. The molecule has 0 aliphatic carbocycles. The van der Waals surface area contributed by atoms with Crippen LogP contribution in [-0.2, 0) is 4.79 Å². The smallest absolute Gasteiger partial charge is 0.234 e. The number of ether oxygens (including phenoxy) is 1. The van der Waals surface area contributed by atoms with Gasteiger partial charge >= 0.3 is 0 Å². The summed E-state index contributed by atoms with van der Waals surface area (Å²) in [4.78, 5) is 12.4. The van der Waals surface area contributed by atoms with Crippen LogP contribution in [0.15, 0.2) is 78.2 Å². The summed E-state index contributed by atoms with van der Waals surface area (Å²) in [6.45, 7) is 1.99. The fraction of sp³-hybridized carbons (Fsp3) is 0.136. The number of benzene rings is 2. The van der Waals surface area contributed by atoms with Gasteiger partial charge in [0, 0.05) is 23.6 Å². The molecule has 0 bridgehead atoms. The van der Waals surface area contributed by atoms with Gasteiger partial charge < -0.3 is 10.1 Å². The Hall–Kier alpha value is -3.52. The number of thioether (sulfide) groups is 1. The van der Waals surface area contributed by atoms with Crippen LogP contribution in [0.4, 0.5) is 5.69 Å². The summed E-state index contributed by atoms with van der Waals surface area (Å²) in [6.07, 6.45) is 3.82. The number of nitrogens with one attached hydrogen (secondary N) is 1. The summed E-state index contributed by atoms with van der Waals surface area (Å²) in [5, 5.41) is 12.2. The molecular weight excluding hydrogens is 398 g/mol. The highest BCUT2D eigenvalue weighted by atomic mass is 32.2. The Labute approximate surface area is 178 Å². The van der Waals surface area contributed by atoms with Gasteiger partial charge in [-0.25, -0.2) is 4.68 Å². The van der Waals surface area contributed by atoms with E-state index in [2.05, 4.69) is 15.5 Å². The number of nitrogens with zero attached hydrogens (tertiary/aromatic N) is 4. The monoisotopic (exact) mass is 419 g/mol. The molecule has 0 aliphatic heterocycles. The molecule has 4 aromatic rings. The molecule has 0 spiro atoms. The van der Waals surface area contributed by atoms with Crippen LogP contribution < -0.4 is 10.1 Å². The first-order valence-corrected chi connectivity index (χ1v) is 10.4. The van der Waals surface area contributed by atoms with Crippen molar-refractivity contribution in [3.05, 3.63) is 78.6 Å². The predicted octanol–water partition coefficient (Wildman–Crippen LogP) is 4.11. The number of rotatable bonds is 7. The molecule has 1 amide bonds. The number of aryl methyl sites for hydroxylation is 1. The van der Waals surface area contributed by atoms with Crippen LogP contribution in [0.25, 0.3) is 11.4 Å². The molecule has 4 rings (SSSR count). The molecule has 7 nitrogen and oxygen atoms in total. The fourth-order valence-electron chi connectivity index (χ4n) is 2.99. The lowest BCUT2D eigenvalue weighted by molar-refractivity contribution is -0.113. The SMILES string of the molecule is COc1ccc(-c2nnc(SCC(=O)Nc3cccc(C)c3)n2-n2cccc2)cc1. The molecule has 2 aromatic carbocycles. The fourth-order valence-corrected chi connectivity index (χ4v) is 3.73. The maximum absolute atomic E-state index is 12.4. The second-order valence-electron chi connectivity index (χ2n) is 6.62. The quantitative estimate of drug-likeness (QED) is 0.457. The van der Waals surface area contributed by atoms with Gasteiger partial charge in [0.2, 0.25) is 11.1 Å². The first-order valence-electron chi connectivity index (χ1n) is 9.37. The molecule has 0 saturated carbocycles. The van der Waals surface area contributed by atoms with Crippen molar-refractivity contribution in [2.75, 3.05) is 18.2 Å². The maximum atomic E-state index is 12.4. The van der Waals surface area contributed by atoms with E-state index in [9.17, 15) is 4.79 Å². The first kappa shape index (κ1) is 19.8. The molecule has 30 heavy (non-hydrogen) atoms. The molecule has 0 aliphatic rings. The Balaban J connectivity index is 1.55. The molecule has 0 unspecified atom stereocenters. The van der Waals surface area contributed by atoms with Gasteiger partial charge in [0.15, 0.2) is 5.82 Å². The van der Waals surface area contributed by atoms with Crippen molar-refractivity contribution in [3.63, 3.8) is 0 Å². The van der Waals surface area contributed by atoms with Crippen molar-refractivity contribution in [3.8, 4) is 17.1 Å². The lowest BCUT2D eigenvalue weighted by atomic mass is 10.2. The maximum Gasteiger partial charge on any atom is 0.234 e. The summed E-state index contributed by atoms with van der Waals surface area (Å²) in [6, 6.07) is 19.2. The third kappa shape index (κ3) is 4.38. The van der Waals surface area contributed by atoms with E-state index in [0.29, 0.717) is 11.0 Å². The molecular formula is C22H21N5O2S. The van der Waals surface area contributed by atoms with Gasteiger partial charge in [-0.3, -0.25) is 9.47 Å². The molecule has 0 radical (unpaired) electrons. The zero-order valence-electron chi connectivity index (χ0n) is 16.6. The van der Waals surface area contributed by atoms with E-state index in [1.54, 1.807) is 7.11 Å². The normalized spacial score (nSPS) is 10.7. The zero-order valence-corrected chi connectivity index (χ0v) is 17.5. The summed E-state index contributed by atoms with van der Waals surface area (Å²) in [7, 11) is 1.63. The molecule has 152 valence electrons. The van der Waals surface area contributed by atoms with Gasteiger partial charge in [0.25, 0.3) is 0 Å². The minimum atomic E-state index is -0.0985. The number of carbonyl (C=O) groups is 1.